The van der Waals surface area contributed by atoms with Gasteiger partial charge in [-0.25, -0.2) is 9.48 Å². The van der Waals surface area contributed by atoms with Crippen LogP contribution in [0.4, 0.5) is 0 Å². The second-order valence-electron chi connectivity index (χ2n) is 5.01. The lowest BCUT2D eigenvalue weighted by Gasteiger charge is -2.16. The lowest BCUT2D eigenvalue weighted by Crippen LogP contribution is -2.44. The molecule has 0 aliphatic carbocycles. The standard InChI is InChI=1S/C15H17N3O3/c1-10(2)13(15(20)21)16-14(19)12-8-9-18(17-12)11-6-4-3-5-7-11/h3-10,13H,1-2H3,(H,16,19)(H,20,21)/t13-/m1/s1. The van der Waals surface area contributed by atoms with Gasteiger partial charge in [-0.1, -0.05) is 32.0 Å². The average molecular weight is 287 g/mol. The minimum atomic E-state index is -1.05. The molecule has 0 saturated heterocycles. The summed E-state index contributed by atoms with van der Waals surface area (Å²) in [4.78, 5) is 23.2. The highest BCUT2D eigenvalue weighted by molar-refractivity contribution is 5.95. The zero-order chi connectivity index (χ0) is 15.4. The van der Waals surface area contributed by atoms with Gasteiger partial charge >= 0.3 is 5.97 Å². The summed E-state index contributed by atoms with van der Waals surface area (Å²) >= 11 is 0. The van der Waals surface area contributed by atoms with E-state index in [1.807, 2.05) is 30.3 Å². The molecule has 0 spiro atoms. The largest absolute Gasteiger partial charge is 0.480 e. The first-order chi connectivity index (χ1) is 9.99. The Labute approximate surface area is 122 Å². The molecule has 0 aliphatic rings. The van der Waals surface area contributed by atoms with Gasteiger partial charge in [0.1, 0.15) is 6.04 Å². The minimum Gasteiger partial charge on any atom is -0.480 e. The number of aliphatic carboxylic acids is 1. The molecule has 0 radical (unpaired) electrons. The molecule has 2 aromatic rings. The van der Waals surface area contributed by atoms with Crippen LogP contribution in [0, 0.1) is 5.92 Å². The number of benzene rings is 1. The average Bonchev–Trinajstić information content (AvgIpc) is 2.94. The molecule has 1 amide bonds. The SMILES string of the molecule is CC(C)[C@@H](NC(=O)c1ccn(-c2ccccc2)n1)C(=O)O. The Morgan fingerprint density at radius 3 is 2.43 bits per heavy atom. The molecule has 110 valence electrons. The molecule has 21 heavy (non-hydrogen) atoms. The number of rotatable bonds is 5. The van der Waals surface area contributed by atoms with Crippen molar-refractivity contribution >= 4 is 11.9 Å². The van der Waals surface area contributed by atoms with Crippen molar-refractivity contribution in [2.45, 2.75) is 19.9 Å². The number of nitrogens with zero attached hydrogens (tertiary/aromatic N) is 2. The maximum absolute atomic E-state index is 12.1. The summed E-state index contributed by atoms with van der Waals surface area (Å²) in [6.45, 7) is 3.48. The fourth-order valence-corrected chi connectivity index (χ4v) is 1.90. The van der Waals surface area contributed by atoms with Gasteiger partial charge in [0.05, 0.1) is 5.69 Å². The van der Waals surface area contributed by atoms with Gasteiger partial charge in [0, 0.05) is 6.20 Å². The van der Waals surface area contributed by atoms with Crippen molar-refractivity contribution in [3.8, 4) is 5.69 Å². The van der Waals surface area contributed by atoms with Gasteiger partial charge in [0.2, 0.25) is 0 Å². The molecule has 2 rings (SSSR count). The molecule has 0 aliphatic heterocycles. The maximum Gasteiger partial charge on any atom is 0.326 e. The van der Waals surface area contributed by atoms with E-state index >= 15 is 0 Å². The Morgan fingerprint density at radius 1 is 1.19 bits per heavy atom. The zero-order valence-corrected chi connectivity index (χ0v) is 11.9. The van der Waals surface area contributed by atoms with Crippen LogP contribution < -0.4 is 5.32 Å². The van der Waals surface area contributed by atoms with Gasteiger partial charge < -0.3 is 10.4 Å². The van der Waals surface area contributed by atoms with Crippen LogP contribution in [-0.4, -0.2) is 32.8 Å². The molecule has 2 N–H and O–H groups in total. The van der Waals surface area contributed by atoms with Crippen molar-refractivity contribution in [3.63, 3.8) is 0 Å². The number of para-hydroxylation sites is 1. The lowest BCUT2D eigenvalue weighted by atomic mass is 10.0. The molecular formula is C15H17N3O3. The van der Waals surface area contributed by atoms with Crippen LogP contribution in [0.1, 0.15) is 24.3 Å². The van der Waals surface area contributed by atoms with Crippen molar-refractivity contribution in [1.29, 1.82) is 0 Å². The normalized spacial score (nSPS) is 12.1. The van der Waals surface area contributed by atoms with E-state index in [2.05, 4.69) is 10.4 Å². The van der Waals surface area contributed by atoms with Gasteiger partial charge in [-0.2, -0.15) is 5.10 Å². The Kier molecular flexibility index (Phi) is 4.37. The van der Waals surface area contributed by atoms with E-state index < -0.39 is 17.9 Å². The third-order valence-corrected chi connectivity index (χ3v) is 3.06. The van der Waals surface area contributed by atoms with Crippen molar-refractivity contribution in [1.82, 2.24) is 15.1 Å². The molecule has 0 unspecified atom stereocenters. The summed E-state index contributed by atoms with van der Waals surface area (Å²) in [5.74, 6) is -1.76. The van der Waals surface area contributed by atoms with Crippen molar-refractivity contribution < 1.29 is 14.7 Å². The molecule has 1 aromatic heterocycles. The quantitative estimate of drug-likeness (QED) is 0.876. The first-order valence-corrected chi connectivity index (χ1v) is 6.64. The minimum absolute atomic E-state index is 0.186. The zero-order valence-electron chi connectivity index (χ0n) is 11.9. The molecule has 6 nitrogen and oxygen atoms in total. The van der Waals surface area contributed by atoms with E-state index in [-0.39, 0.29) is 11.6 Å². The molecule has 6 heteroatoms. The Morgan fingerprint density at radius 2 is 1.86 bits per heavy atom. The molecule has 1 heterocycles. The van der Waals surface area contributed by atoms with Gasteiger partial charge in [0.25, 0.3) is 5.91 Å². The Bertz CT molecular complexity index is 635. The van der Waals surface area contributed by atoms with Crippen LogP contribution in [0.3, 0.4) is 0 Å². The lowest BCUT2D eigenvalue weighted by molar-refractivity contribution is -0.140. The summed E-state index contributed by atoms with van der Waals surface area (Å²) in [6, 6.07) is 9.99. The number of nitrogens with one attached hydrogen (secondary N) is 1. The summed E-state index contributed by atoms with van der Waals surface area (Å²) in [5, 5.41) is 15.7. The number of carbonyl (C=O) groups excluding carboxylic acids is 1. The summed E-state index contributed by atoms with van der Waals surface area (Å²) in [5.41, 5.74) is 1.01. The second-order valence-corrected chi connectivity index (χ2v) is 5.01. The topological polar surface area (TPSA) is 84.2 Å². The number of carboxylic acid groups (broad SMARTS) is 1. The summed E-state index contributed by atoms with van der Waals surface area (Å²) in [6.07, 6.45) is 1.66. The van der Waals surface area contributed by atoms with E-state index in [4.69, 9.17) is 5.11 Å². The highest BCUT2D eigenvalue weighted by Crippen LogP contribution is 2.08. The van der Waals surface area contributed by atoms with E-state index in [1.54, 1.807) is 30.8 Å². The van der Waals surface area contributed by atoms with E-state index in [0.29, 0.717) is 0 Å². The smallest absolute Gasteiger partial charge is 0.326 e. The Hall–Kier alpha value is -2.63. The third kappa shape index (κ3) is 3.47. The molecule has 0 fully saturated rings. The summed E-state index contributed by atoms with van der Waals surface area (Å²) in [7, 11) is 0. The number of aromatic nitrogens is 2. The van der Waals surface area contributed by atoms with Crippen molar-refractivity contribution in [3.05, 3.63) is 48.3 Å². The van der Waals surface area contributed by atoms with E-state index in [0.717, 1.165) is 5.69 Å². The summed E-state index contributed by atoms with van der Waals surface area (Å²) < 4.78 is 1.57. The fourth-order valence-electron chi connectivity index (χ4n) is 1.90. The fraction of sp³-hybridized carbons (Fsp3) is 0.267. The van der Waals surface area contributed by atoms with Crippen LogP contribution in [0.15, 0.2) is 42.6 Å². The number of carboxylic acids is 1. The molecule has 1 aromatic carbocycles. The predicted molar refractivity (Wildman–Crippen MR) is 77.3 cm³/mol. The second kappa shape index (κ2) is 6.21. The molecule has 1 atom stereocenters. The van der Waals surface area contributed by atoms with Gasteiger partial charge in [-0.15, -0.1) is 0 Å². The van der Waals surface area contributed by atoms with Crippen LogP contribution in [0.25, 0.3) is 5.69 Å². The van der Waals surface area contributed by atoms with Crippen LogP contribution in [0.2, 0.25) is 0 Å². The first kappa shape index (κ1) is 14.8. The Balaban J connectivity index is 2.14. The third-order valence-electron chi connectivity index (χ3n) is 3.06. The van der Waals surface area contributed by atoms with E-state index in [9.17, 15) is 9.59 Å². The molecule has 0 bridgehead atoms. The number of hydrogen-bond donors (Lipinski definition) is 2. The van der Waals surface area contributed by atoms with Crippen molar-refractivity contribution in [2.75, 3.05) is 0 Å². The highest BCUT2D eigenvalue weighted by Gasteiger charge is 2.24. The van der Waals surface area contributed by atoms with Gasteiger partial charge in [0.15, 0.2) is 5.69 Å². The highest BCUT2D eigenvalue weighted by atomic mass is 16.4. The number of amides is 1. The van der Waals surface area contributed by atoms with Gasteiger partial charge in [-0.3, -0.25) is 4.79 Å². The predicted octanol–water partition coefficient (Wildman–Crippen LogP) is 1.71. The monoisotopic (exact) mass is 287 g/mol. The van der Waals surface area contributed by atoms with Crippen molar-refractivity contribution in [2.24, 2.45) is 5.92 Å². The van der Waals surface area contributed by atoms with Crippen LogP contribution in [0.5, 0.6) is 0 Å². The van der Waals surface area contributed by atoms with Crippen LogP contribution in [-0.2, 0) is 4.79 Å². The maximum atomic E-state index is 12.1. The van der Waals surface area contributed by atoms with Crippen LogP contribution >= 0.6 is 0 Å². The van der Waals surface area contributed by atoms with Gasteiger partial charge in [-0.05, 0) is 24.1 Å². The molecule has 0 saturated carbocycles. The van der Waals surface area contributed by atoms with E-state index in [1.165, 1.54) is 0 Å². The first-order valence-electron chi connectivity index (χ1n) is 6.64. The number of hydrogen-bond acceptors (Lipinski definition) is 3. The number of carbonyl (C=O) groups is 2. The molecular weight excluding hydrogens is 270 g/mol.